The molecule has 0 heterocycles. The summed E-state index contributed by atoms with van der Waals surface area (Å²) in [5.74, 6) is -1.91. The first-order valence-corrected chi connectivity index (χ1v) is 6.80. The molecule has 1 amide bonds. The molecule has 0 saturated heterocycles. The Morgan fingerprint density at radius 2 is 1.75 bits per heavy atom. The Labute approximate surface area is 119 Å². The molecule has 2 atom stereocenters. The van der Waals surface area contributed by atoms with Gasteiger partial charge in [0.2, 0.25) is 5.91 Å². The maximum absolute atomic E-state index is 12.0. The maximum atomic E-state index is 12.0. The number of carbonyl (C=O) groups is 3. The molecule has 0 aromatic carbocycles. The first-order valence-electron chi connectivity index (χ1n) is 6.80. The zero-order chi connectivity index (χ0) is 15.7. The molecule has 0 aromatic rings. The van der Waals surface area contributed by atoms with Gasteiger partial charge in [-0.3, -0.25) is 19.7 Å². The molecule has 0 saturated carbocycles. The number of carbonyl (C=O) groups excluding carboxylic acids is 2. The van der Waals surface area contributed by atoms with Crippen molar-refractivity contribution in [2.24, 2.45) is 0 Å². The summed E-state index contributed by atoms with van der Waals surface area (Å²) in [6.45, 7) is 8.01. The summed E-state index contributed by atoms with van der Waals surface area (Å²) in [5.41, 5.74) is 0. The van der Waals surface area contributed by atoms with Crippen molar-refractivity contribution >= 4 is 17.8 Å². The van der Waals surface area contributed by atoms with E-state index in [0.29, 0.717) is 13.1 Å². The van der Waals surface area contributed by atoms with Crippen molar-refractivity contribution in [1.82, 2.24) is 10.2 Å². The second-order valence-corrected chi connectivity index (χ2v) is 4.30. The Kier molecular flexibility index (Phi) is 8.54. The lowest BCUT2D eigenvalue weighted by atomic mass is 10.1. The van der Waals surface area contributed by atoms with E-state index in [1.54, 1.807) is 11.8 Å². The van der Waals surface area contributed by atoms with E-state index in [1.807, 2.05) is 13.8 Å². The molecule has 0 aliphatic heterocycles. The van der Waals surface area contributed by atoms with Crippen LogP contribution in [-0.2, 0) is 19.1 Å². The number of esters is 1. The highest BCUT2D eigenvalue weighted by Crippen LogP contribution is 2.03. The van der Waals surface area contributed by atoms with Crippen molar-refractivity contribution in [2.75, 3.05) is 19.7 Å². The number of aliphatic carboxylic acids is 1. The molecule has 7 heteroatoms. The van der Waals surface area contributed by atoms with Crippen LogP contribution in [0.3, 0.4) is 0 Å². The van der Waals surface area contributed by atoms with Gasteiger partial charge in [-0.2, -0.15) is 0 Å². The number of nitrogens with zero attached hydrogens (tertiary/aromatic N) is 1. The van der Waals surface area contributed by atoms with Crippen LogP contribution in [-0.4, -0.2) is 59.6 Å². The Morgan fingerprint density at radius 1 is 1.20 bits per heavy atom. The molecule has 0 aliphatic rings. The van der Waals surface area contributed by atoms with E-state index in [2.05, 4.69) is 5.32 Å². The maximum Gasteiger partial charge on any atom is 0.323 e. The third kappa shape index (κ3) is 6.01. The van der Waals surface area contributed by atoms with Crippen molar-refractivity contribution < 1.29 is 24.2 Å². The topological polar surface area (TPSA) is 95.9 Å². The summed E-state index contributed by atoms with van der Waals surface area (Å²) < 4.78 is 4.87. The van der Waals surface area contributed by atoms with Crippen LogP contribution < -0.4 is 5.32 Å². The summed E-state index contributed by atoms with van der Waals surface area (Å²) in [7, 11) is 0. The molecular formula is C13H24N2O5. The summed E-state index contributed by atoms with van der Waals surface area (Å²) in [6.07, 6.45) is -0.113. The van der Waals surface area contributed by atoms with Crippen LogP contribution in [0.4, 0.5) is 0 Å². The predicted octanol–water partition coefficient (Wildman–Crippen LogP) is 0.239. The number of hydrogen-bond acceptors (Lipinski definition) is 5. The van der Waals surface area contributed by atoms with E-state index in [9.17, 15) is 14.4 Å². The van der Waals surface area contributed by atoms with Crippen molar-refractivity contribution in [1.29, 1.82) is 0 Å². The van der Waals surface area contributed by atoms with Gasteiger partial charge in [-0.1, -0.05) is 0 Å². The number of carboxylic acids is 1. The molecule has 2 N–H and O–H groups in total. The van der Waals surface area contributed by atoms with Crippen molar-refractivity contribution in [3.05, 3.63) is 0 Å². The van der Waals surface area contributed by atoms with Gasteiger partial charge in [-0.05, 0) is 27.7 Å². The minimum Gasteiger partial charge on any atom is -0.480 e. The molecule has 20 heavy (non-hydrogen) atoms. The number of amides is 1. The van der Waals surface area contributed by atoms with Crippen LogP contribution in [0.15, 0.2) is 0 Å². The average Bonchev–Trinajstić information content (AvgIpc) is 2.39. The van der Waals surface area contributed by atoms with Gasteiger partial charge in [0.25, 0.3) is 0 Å². The fraction of sp³-hybridized carbons (Fsp3) is 0.769. The Hall–Kier alpha value is -1.63. The van der Waals surface area contributed by atoms with Crippen LogP contribution in [0.5, 0.6) is 0 Å². The summed E-state index contributed by atoms with van der Waals surface area (Å²) in [4.78, 5) is 36.2. The van der Waals surface area contributed by atoms with Gasteiger partial charge in [0.05, 0.1) is 13.0 Å². The Bertz CT molecular complexity index is 342. The molecule has 0 spiro atoms. The lowest BCUT2D eigenvalue weighted by Crippen LogP contribution is -2.49. The number of carboxylic acid groups (broad SMARTS) is 1. The highest BCUT2D eigenvalue weighted by Gasteiger charge is 2.28. The second kappa shape index (κ2) is 9.30. The smallest absolute Gasteiger partial charge is 0.323 e. The van der Waals surface area contributed by atoms with Crippen molar-refractivity contribution in [3.63, 3.8) is 0 Å². The SMILES string of the molecule is CCOC(=O)C(CC(=O)N(CC)CC)N[C@@H](C)C(=O)O. The largest absolute Gasteiger partial charge is 0.480 e. The van der Waals surface area contributed by atoms with E-state index in [4.69, 9.17) is 9.84 Å². The van der Waals surface area contributed by atoms with Crippen LogP contribution in [0.2, 0.25) is 0 Å². The molecule has 0 radical (unpaired) electrons. The van der Waals surface area contributed by atoms with Crippen LogP contribution in [0.1, 0.15) is 34.1 Å². The first-order chi connectivity index (χ1) is 9.37. The van der Waals surface area contributed by atoms with E-state index in [1.165, 1.54) is 6.92 Å². The summed E-state index contributed by atoms with van der Waals surface area (Å²) >= 11 is 0. The van der Waals surface area contributed by atoms with Crippen molar-refractivity contribution in [2.45, 2.75) is 46.2 Å². The third-order valence-electron chi connectivity index (χ3n) is 2.89. The predicted molar refractivity (Wildman–Crippen MR) is 73.2 cm³/mol. The lowest BCUT2D eigenvalue weighted by molar-refractivity contribution is -0.149. The van der Waals surface area contributed by atoms with E-state index < -0.39 is 24.0 Å². The van der Waals surface area contributed by atoms with Gasteiger partial charge in [-0.15, -0.1) is 0 Å². The summed E-state index contributed by atoms with van der Waals surface area (Å²) in [6, 6.07) is -1.89. The molecule has 116 valence electrons. The number of hydrogen-bond donors (Lipinski definition) is 2. The minimum absolute atomic E-state index is 0.113. The molecule has 7 nitrogen and oxygen atoms in total. The van der Waals surface area contributed by atoms with Crippen LogP contribution >= 0.6 is 0 Å². The molecule has 0 fully saturated rings. The van der Waals surface area contributed by atoms with Gasteiger partial charge < -0.3 is 14.7 Å². The average molecular weight is 288 g/mol. The fourth-order valence-electron chi connectivity index (χ4n) is 1.71. The quantitative estimate of drug-likeness (QED) is 0.590. The first kappa shape index (κ1) is 18.4. The van der Waals surface area contributed by atoms with Gasteiger partial charge >= 0.3 is 11.9 Å². The molecule has 1 unspecified atom stereocenters. The van der Waals surface area contributed by atoms with E-state index in [0.717, 1.165) is 0 Å². The fourth-order valence-corrected chi connectivity index (χ4v) is 1.71. The minimum atomic E-state index is -1.09. The van der Waals surface area contributed by atoms with Crippen molar-refractivity contribution in [3.8, 4) is 0 Å². The number of ether oxygens (including phenoxy) is 1. The van der Waals surface area contributed by atoms with Crippen LogP contribution in [0, 0.1) is 0 Å². The molecule has 0 aliphatic carbocycles. The van der Waals surface area contributed by atoms with Gasteiger partial charge in [0.1, 0.15) is 12.1 Å². The second-order valence-electron chi connectivity index (χ2n) is 4.30. The number of rotatable bonds is 9. The zero-order valence-electron chi connectivity index (χ0n) is 12.5. The normalized spacial score (nSPS) is 13.4. The highest BCUT2D eigenvalue weighted by atomic mass is 16.5. The Balaban J connectivity index is 4.80. The van der Waals surface area contributed by atoms with Crippen LogP contribution in [0.25, 0.3) is 0 Å². The van der Waals surface area contributed by atoms with E-state index >= 15 is 0 Å². The van der Waals surface area contributed by atoms with E-state index in [-0.39, 0.29) is 18.9 Å². The van der Waals surface area contributed by atoms with Gasteiger partial charge in [-0.25, -0.2) is 0 Å². The third-order valence-corrected chi connectivity index (χ3v) is 2.89. The Morgan fingerprint density at radius 3 is 2.15 bits per heavy atom. The molecule has 0 bridgehead atoms. The molecule has 0 aromatic heterocycles. The monoisotopic (exact) mass is 288 g/mol. The summed E-state index contributed by atoms with van der Waals surface area (Å²) in [5, 5.41) is 11.5. The zero-order valence-corrected chi connectivity index (χ0v) is 12.5. The van der Waals surface area contributed by atoms with Gasteiger partial charge in [0.15, 0.2) is 0 Å². The van der Waals surface area contributed by atoms with Gasteiger partial charge in [0, 0.05) is 13.1 Å². The standard InChI is InChI=1S/C13H24N2O5/c1-5-15(6-2)11(16)8-10(13(19)20-7-3)14-9(4)12(17)18/h9-10,14H,5-8H2,1-4H3,(H,17,18)/t9-,10?/m0/s1. The molecular weight excluding hydrogens is 264 g/mol. The number of nitrogens with one attached hydrogen (secondary N) is 1. The highest BCUT2D eigenvalue weighted by molar-refractivity contribution is 5.86. The molecule has 0 rings (SSSR count). The lowest BCUT2D eigenvalue weighted by Gasteiger charge is -2.23.